The number of imidazole rings is 1. The fraction of sp³-hybridized carbons (Fsp3) is 0.375. The molecular formula is C16H19N3O2S. The van der Waals surface area contributed by atoms with E-state index in [2.05, 4.69) is 34.6 Å². The van der Waals surface area contributed by atoms with Gasteiger partial charge in [0, 0.05) is 12.2 Å². The largest absolute Gasteiger partial charge is 0.480 e. The van der Waals surface area contributed by atoms with Gasteiger partial charge >= 0.3 is 5.97 Å². The van der Waals surface area contributed by atoms with E-state index in [0.29, 0.717) is 10.5 Å². The van der Waals surface area contributed by atoms with Crippen LogP contribution in [0.25, 0.3) is 0 Å². The van der Waals surface area contributed by atoms with E-state index in [1.165, 1.54) is 11.1 Å². The number of hydrogen-bond donors (Lipinski definition) is 3. The molecule has 1 aliphatic carbocycles. The van der Waals surface area contributed by atoms with Crippen LogP contribution in [0.5, 0.6) is 0 Å². The van der Waals surface area contributed by atoms with Crippen LogP contribution in [-0.4, -0.2) is 27.7 Å². The summed E-state index contributed by atoms with van der Waals surface area (Å²) < 4.78 is 2.59. The smallest absolute Gasteiger partial charge is 0.326 e. The van der Waals surface area contributed by atoms with E-state index < -0.39 is 12.0 Å². The number of hydrogen-bond acceptors (Lipinski definition) is 3. The predicted octanol–water partition coefficient (Wildman–Crippen LogP) is 2.62. The van der Waals surface area contributed by atoms with Crippen LogP contribution < -0.4 is 5.32 Å². The minimum absolute atomic E-state index is 0.277. The van der Waals surface area contributed by atoms with Crippen LogP contribution in [0.2, 0.25) is 0 Å². The van der Waals surface area contributed by atoms with Crippen LogP contribution in [0.15, 0.2) is 30.5 Å². The van der Waals surface area contributed by atoms with E-state index in [-0.39, 0.29) is 6.04 Å². The minimum Gasteiger partial charge on any atom is -0.480 e. The van der Waals surface area contributed by atoms with Gasteiger partial charge in [-0.25, -0.2) is 0 Å². The molecule has 3 rings (SSSR count). The number of fused-ring (bicyclic) bond motifs is 1. The first-order chi connectivity index (χ1) is 10.6. The molecule has 0 saturated carbocycles. The van der Waals surface area contributed by atoms with Crippen molar-refractivity contribution in [1.29, 1.82) is 0 Å². The molecule has 1 heterocycles. The molecule has 0 fully saturated rings. The Hall–Kier alpha value is -1.92. The summed E-state index contributed by atoms with van der Waals surface area (Å²) in [6, 6.07) is 7.98. The zero-order valence-electron chi connectivity index (χ0n) is 12.4. The van der Waals surface area contributed by atoms with Gasteiger partial charge in [0.05, 0.1) is 5.69 Å². The number of carboxylic acid groups (broad SMARTS) is 1. The number of aryl methyl sites for hydroxylation is 1. The molecule has 0 bridgehead atoms. The Bertz CT molecular complexity index is 750. The van der Waals surface area contributed by atoms with E-state index in [1.807, 2.05) is 10.8 Å². The highest BCUT2D eigenvalue weighted by molar-refractivity contribution is 7.71. The standard InChI is InChI=1S/C16H19N3O2S/c1-17-14(15(20)21)13-9-19(16(22)18-13)12-7-6-10-4-2-3-5-11(10)8-12/h2-5,9,12,14,17H,6-8H2,1H3,(H,18,22)(H,20,21). The Labute approximate surface area is 134 Å². The lowest BCUT2D eigenvalue weighted by Gasteiger charge is -2.25. The molecule has 22 heavy (non-hydrogen) atoms. The average molecular weight is 317 g/mol. The third kappa shape index (κ3) is 2.71. The molecule has 0 spiro atoms. The second kappa shape index (κ2) is 6.06. The number of likely N-dealkylation sites (N-methyl/N-ethyl adjacent to an activating group) is 1. The van der Waals surface area contributed by atoms with Crippen molar-refractivity contribution in [2.75, 3.05) is 7.05 Å². The first-order valence-electron chi connectivity index (χ1n) is 7.38. The van der Waals surface area contributed by atoms with Crippen LogP contribution in [0.1, 0.15) is 35.3 Å². The number of carboxylic acids is 1. The second-order valence-corrected chi connectivity index (χ2v) is 6.03. The summed E-state index contributed by atoms with van der Waals surface area (Å²) in [5.41, 5.74) is 3.35. The summed E-state index contributed by atoms with van der Waals surface area (Å²) in [6.07, 6.45) is 4.81. The van der Waals surface area contributed by atoms with Crippen molar-refractivity contribution >= 4 is 18.2 Å². The van der Waals surface area contributed by atoms with E-state index in [4.69, 9.17) is 12.2 Å². The normalized spacial score (nSPS) is 18.7. The number of aliphatic carboxylic acids is 1. The van der Waals surface area contributed by atoms with Crippen molar-refractivity contribution in [1.82, 2.24) is 14.9 Å². The van der Waals surface area contributed by atoms with Crippen molar-refractivity contribution in [3.05, 3.63) is 52.1 Å². The first-order valence-corrected chi connectivity index (χ1v) is 7.79. The molecule has 3 N–H and O–H groups in total. The maximum absolute atomic E-state index is 11.3. The Morgan fingerprint density at radius 3 is 2.86 bits per heavy atom. The topological polar surface area (TPSA) is 70.0 Å². The molecule has 116 valence electrons. The van der Waals surface area contributed by atoms with Crippen LogP contribution in [0.3, 0.4) is 0 Å². The van der Waals surface area contributed by atoms with Crippen LogP contribution in [-0.2, 0) is 17.6 Å². The average Bonchev–Trinajstić information content (AvgIpc) is 2.88. The zero-order chi connectivity index (χ0) is 15.7. The van der Waals surface area contributed by atoms with Crippen molar-refractivity contribution < 1.29 is 9.90 Å². The molecule has 1 aromatic carbocycles. The highest BCUT2D eigenvalue weighted by Crippen LogP contribution is 2.29. The lowest BCUT2D eigenvalue weighted by Crippen LogP contribution is -2.25. The van der Waals surface area contributed by atoms with Gasteiger partial charge in [-0.1, -0.05) is 24.3 Å². The fourth-order valence-corrected chi connectivity index (χ4v) is 3.49. The highest BCUT2D eigenvalue weighted by atomic mass is 32.1. The molecule has 1 aromatic heterocycles. The molecule has 0 radical (unpaired) electrons. The van der Waals surface area contributed by atoms with Gasteiger partial charge in [-0.15, -0.1) is 0 Å². The molecule has 0 amide bonds. The van der Waals surface area contributed by atoms with Crippen molar-refractivity contribution in [3.8, 4) is 0 Å². The van der Waals surface area contributed by atoms with Gasteiger partial charge in [0.2, 0.25) is 0 Å². The van der Waals surface area contributed by atoms with E-state index in [0.717, 1.165) is 19.3 Å². The van der Waals surface area contributed by atoms with Crippen LogP contribution in [0, 0.1) is 4.77 Å². The number of rotatable bonds is 4. The van der Waals surface area contributed by atoms with Gasteiger partial charge in [0.1, 0.15) is 6.04 Å². The molecule has 5 nitrogen and oxygen atoms in total. The predicted molar refractivity (Wildman–Crippen MR) is 86.6 cm³/mol. The molecular weight excluding hydrogens is 298 g/mol. The summed E-state index contributed by atoms with van der Waals surface area (Å²) in [5.74, 6) is -0.917. The quantitative estimate of drug-likeness (QED) is 0.758. The van der Waals surface area contributed by atoms with Crippen LogP contribution in [0.4, 0.5) is 0 Å². The summed E-state index contributed by atoms with van der Waals surface area (Å²) in [7, 11) is 1.63. The third-order valence-corrected chi connectivity index (χ3v) is 4.64. The Morgan fingerprint density at radius 2 is 2.18 bits per heavy atom. The molecule has 1 aliphatic rings. The van der Waals surface area contributed by atoms with E-state index >= 15 is 0 Å². The van der Waals surface area contributed by atoms with E-state index in [1.54, 1.807) is 7.05 Å². The number of carbonyl (C=O) groups is 1. The summed E-state index contributed by atoms with van der Waals surface area (Å²) >= 11 is 5.39. The Balaban J connectivity index is 1.89. The van der Waals surface area contributed by atoms with Gasteiger partial charge in [-0.3, -0.25) is 4.79 Å². The number of aromatic amines is 1. The number of nitrogens with zero attached hydrogens (tertiary/aromatic N) is 1. The Kier molecular flexibility index (Phi) is 4.13. The summed E-state index contributed by atoms with van der Waals surface area (Å²) in [5, 5.41) is 12.0. The maximum Gasteiger partial charge on any atom is 0.326 e. The van der Waals surface area contributed by atoms with Gasteiger partial charge in [0.15, 0.2) is 4.77 Å². The van der Waals surface area contributed by atoms with Gasteiger partial charge in [-0.05, 0) is 49.7 Å². The lowest BCUT2D eigenvalue weighted by molar-refractivity contribution is -0.139. The summed E-state index contributed by atoms with van der Waals surface area (Å²) in [4.78, 5) is 14.3. The minimum atomic E-state index is -0.917. The Morgan fingerprint density at radius 1 is 1.45 bits per heavy atom. The maximum atomic E-state index is 11.3. The third-order valence-electron chi connectivity index (χ3n) is 4.32. The summed E-state index contributed by atoms with van der Waals surface area (Å²) in [6.45, 7) is 0. The van der Waals surface area contributed by atoms with Crippen molar-refractivity contribution in [2.45, 2.75) is 31.3 Å². The number of H-pyrrole nitrogens is 1. The monoisotopic (exact) mass is 317 g/mol. The molecule has 2 unspecified atom stereocenters. The van der Waals surface area contributed by atoms with Gasteiger partial charge in [-0.2, -0.15) is 0 Å². The second-order valence-electron chi connectivity index (χ2n) is 5.65. The number of aromatic nitrogens is 2. The molecule has 0 aliphatic heterocycles. The molecule has 2 aromatic rings. The first kappa shape index (κ1) is 15.0. The van der Waals surface area contributed by atoms with Crippen LogP contribution >= 0.6 is 12.2 Å². The SMILES string of the molecule is CNC(C(=O)O)c1cn(C2CCc3ccccc3C2)c(=S)[nH]1. The molecule has 2 atom stereocenters. The molecule has 6 heteroatoms. The van der Waals surface area contributed by atoms with Gasteiger partial charge < -0.3 is 20.0 Å². The zero-order valence-corrected chi connectivity index (χ0v) is 13.2. The van der Waals surface area contributed by atoms with Crippen molar-refractivity contribution in [2.24, 2.45) is 0 Å². The van der Waals surface area contributed by atoms with Crippen molar-refractivity contribution in [3.63, 3.8) is 0 Å². The number of benzene rings is 1. The lowest BCUT2D eigenvalue weighted by atomic mass is 9.88. The fourth-order valence-electron chi connectivity index (χ4n) is 3.17. The highest BCUT2D eigenvalue weighted by Gasteiger charge is 2.24. The van der Waals surface area contributed by atoms with E-state index in [9.17, 15) is 9.90 Å². The number of nitrogens with one attached hydrogen (secondary N) is 2. The van der Waals surface area contributed by atoms with Gasteiger partial charge in [0.25, 0.3) is 0 Å². The molecule has 0 saturated heterocycles.